The van der Waals surface area contributed by atoms with Gasteiger partial charge < -0.3 is 5.73 Å². The van der Waals surface area contributed by atoms with E-state index in [4.69, 9.17) is 5.73 Å². The van der Waals surface area contributed by atoms with E-state index in [0.717, 1.165) is 5.69 Å². The van der Waals surface area contributed by atoms with Crippen LogP contribution in [0.5, 0.6) is 0 Å². The fraction of sp³-hybridized carbons (Fsp3) is 0.769. The van der Waals surface area contributed by atoms with E-state index < -0.39 is 0 Å². The summed E-state index contributed by atoms with van der Waals surface area (Å²) in [5.41, 5.74) is 11.1. The Morgan fingerprint density at radius 1 is 0.556 bits per heavy atom. The minimum absolute atomic E-state index is 0.934. The molecule has 1 aromatic rings. The van der Waals surface area contributed by atoms with Crippen LogP contribution in [-0.2, 0) is 6.42 Å². The summed E-state index contributed by atoms with van der Waals surface area (Å²) in [4.78, 5) is 0. The first-order chi connectivity index (χ1) is 13.2. The molecule has 0 amide bonds. The first-order valence-electron chi connectivity index (χ1n) is 12.0. The predicted octanol–water partition coefficient (Wildman–Crippen LogP) is 8.69. The van der Waals surface area contributed by atoms with Crippen molar-refractivity contribution < 1.29 is 0 Å². The number of benzene rings is 1. The molecule has 0 radical (unpaired) electrons. The Morgan fingerprint density at radius 2 is 0.963 bits per heavy atom. The van der Waals surface area contributed by atoms with Gasteiger partial charge in [0.1, 0.15) is 0 Å². The SMILES string of the molecule is CCCCCCCCCCCCCCCCCCc1ccc(N)c(C)c1C. The summed E-state index contributed by atoms with van der Waals surface area (Å²) >= 11 is 0. The molecule has 156 valence electrons. The van der Waals surface area contributed by atoms with Gasteiger partial charge in [0.05, 0.1) is 0 Å². The van der Waals surface area contributed by atoms with E-state index in [9.17, 15) is 0 Å². The van der Waals surface area contributed by atoms with Gasteiger partial charge in [-0.3, -0.25) is 0 Å². The van der Waals surface area contributed by atoms with E-state index in [2.05, 4.69) is 32.9 Å². The summed E-state index contributed by atoms with van der Waals surface area (Å²) in [6, 6.07) is 4.30. The first kappa shape index (κ1) is 24.1. The zero-order valence-corrected chi connectivity index (χ0v) is 18.8. The van der Waals surface area contributed by atoms with E-state index in [1.165, 1.54) is 126 Å². The highest BCUT2D eigenvalue weighted by Gasteiger charge is 2.04. The van der Waals surface area contributed by atoms with Crippen molar-refractivity contribution in [3.8, 4) is 0 Å². The molecule has 0 aliphatic rings. The van der Waals surface area contributed by atoms with Crippen molar-refractivity contribution in [1.29, 1.82) is 0 Å². The summed E-state index contributed by atoms with van der Waals surface area (Å²) < 4.78 is 0. The molecule has 1 heteroatoms. The zero-order chi connectivity index (χ0) is 19.7. The van der Waals surface area contributed by atoms with E-state index in [1.807, 2.05) is 0 Å². The molecule has 0 spiro atoms. The van der Waals surface area contributed by atoms with Crippen LogP contribution in [0.4, 0.5) is 5.69 Å². The largest absolute Gasteiger partial charge is 0.399 e. The average Bonchev–Trinajstić information content (AvgIpc) is 2.67. The van der Waals surface area contributed by atoms with Crippen LogP contribution < -0.4 is 5.73 Å². The number of aryl methyl sites for hydroxylation is 1. The third-order valence-electron chi connectivity index (χ3n) is 6.24. The summed E-state index contributed by atoms with van der Waals surface area (Å²) in [7, 11) is 0. The van der Waals surface area contributed by atoms with Crippen molar-refractivity contribution >= 4 is 5.69 Å². The third-order valence-corrected chi connectivity index (χ3v) is 6.24. The maximum Gasteiger partial charge on any atom is 0.0346 e. The highest BCUT2D eigenvalue weighted by atomic mass is 14.6. The third kappa shape index (κ3) is 11.5. The Hall–Kier alpha value is -0.980. The standard InChI is InChI=1S/C26H47N/c1-4-5-6-7-8-9-10-11-12-13-14-15-16-17-18-19-20-25-21-22-26(27)24(3)23(25)2/h21-22H,4-20,27H2,1-3H3. The van der Waals surface area contributed by atoms with Gasteiger partial charge in [-0.1, -0.05) is 109 Å². The molecule has 0 atom stereocenters. The Labute approximate surface area is 170 Å². The van der Waals surface area contributed by atoms with Crippen LogP contribution in [0.25, 0.3) is 0 Å². The number of nitrogen functional groups attached to an aromatic ring is 1. The second-order valence-corrected chi connectivity index (χ2v) is 8.62. The van der Waals surface area contributed by atoms with E-state index in [1.54, 1.807) is 0 Å². The zero-order valence-electron chi connectivity index (χ0n) is 18.8. The van der Waals surface area contributed by atoms with Gasteiger partial charge in [0.25, 0.3) is 0 Å². The molecule has 1 rings (SSSR count). The second kappa shape index (κ2) is 16.0. The van der Waals surface area contributed by atoms with Crippen molar-refractivity contribution in [2.75, 3.05) is 5.73 Å². The number of rotatable bonds is 17. The molecule has 1 nitrogen and oxygen atoms in total. The molecular weight excluding hydrogens is 326 g/mol. The van der Waals surface area contributed by atoms with E-state index in [0.29, 0.717) is 0 Å². The lowest BCUT2D eigenvalue weighted by atomic mass is 9.97. The minimum Gasteiger partial charge on any atom is -0.399 e. The van der Waals surface area contributed by atoms with Crippen LogP contribution in [0, 0.1) is 13.8 Å². The van der Waals surface area contributed by atoms with Crippen LogP contribution in [0.15, 0.2) is 12.1 Å². The van der Waals surface area contributed by atoms with Gasteiger partial charge in [-0.15, -0.1) is 0 Å². The lowest BCUT2D eigenvalue weighted by Crippen LogP contribution is -1.97. The fourth-order valence-corrected chi connectivity index (χ4v) is 4.03. The molecule has 0 saturated heterocycles. The molecule has 0 bridgehead atoms. The average molecular weight is 374 g/mol. The van der Waals surface area contributed by atoms with Gasteiger partial charge in [-0.2, -0.15) is 0 Å². The lowest BCUT2D eigenvalue weighted by molar-refractivity contribution is 0.529. The number of nitrogens with two attached hydrogens (primary N) is 1. The molecular formula is C26H47N. The molecule has 0 aliphatic heterocycles. The van der Waals surface area contributed by atoms with Crippen molar-refractivity contribution in [3.63, 3.8) is 0 Å². The van der Waals surface area contributed by atoms with Crippen LogP contribution in [0.3, 0.4) is 0 Å². The monoisotopic (exact) mass is 373 g/mol. The van der Waals surface area contributed by atoms with Gasteiger partial charge in [0.2, 0.25) is 0 Å². The van der Waals surface area contributed by atoms with Crippen molar-refractivity contribution in [3.05, 3.63) is 28.8 Å². The van der Waals surface area contributed by atoms with Gasteiger partial charge in [0.15, 0.2) is 0 Å². The molecule has 0 heterocycles. The fourth-order valence-electron chi connectivity index (χ4n) is 4.03. The molecule has 0 aromatic heterocycles. The number of anilines is 1. The highest BCUT2D eigenvalue weighted by Crippen LogP contribution is 2.21. The summed E-state index contributed by atoms with van der Waals surface area (Å²) in [5, 5.41) is 0. The van der Waals surface area contributed by atoms with Crippen LogP contribution in [0.1, 0.15) is 126 Å². The number of hydrogen-bond donors (Lipinski definition) is 1. The van der Waals surface area contributed by atoms with Crippen molar-refractivity contribution in [2.24, 2.45) is 0 Å². The molecule has 1 aromatic carbocycles. The Bertz CT molecular complexity index is 477. The van der Waals surface area contributed by atoms with Crippen molar-refractivity contribution in [1.82, 2.24) is 0 Å². The van der Waals surface area contributed by atoms with Crippen molar-refractivity contribution in [2.45, 2.75) is 130 Å². The van der Waals surface area contributed by atoms with Gasteiger partial charge in [0, 0.05) is 5.69 Å². The Kier molecular flexibility index (Phi) is 14.3. The Balaban J connectivity index is 1.85. The number of hydrogen-bond acceptors (Lipinski definition) is 1. The van der Waals surface area contributed by atoms with Gasteiger partial charge in [-0.25, -0.2) is 0 Å². The molecule has 0 unspecified atom stereocenters. The first-order valence-corrected chi connectivity index (χ1v) is 12.0. The summed E-state index contributed by atoms with van der Waals surface area (Å²) in [6.45, 7) is 6.65. The summed E-state index contributed by atoms with van der Waals surface area (Å²) in [6.07, 6.45) is 24.1. The molecule has 2 N–H and O–H groups in total. The topological polar surface area (TPSA) is 26.0 Å². The maximum absolute atomic E-state index is 5.98. The maximum atomic E-state index is 5.98. The normalized spacial score (nSPS) is 11.2. The highest BCUT2D eigenvalue weighted by molar-refractivity contribution is 5.52. The second-order valence-electron chi connectivity index (χ2n) is 8.62. The van der Waals surface area contributed by atoms with Gasteiger partial charge in [-0.05, 0) is 49.4 Å². The predicted molar refractivity (Wildman–Crippen MR) is 124 cm³/mol. The number of unbranched alkanes of at least 4 members (excludes halogenated alkanes) is 15. The van der Waals surface area contributed by atoms with E-state index in [-0.39, 0.29) is 0 Å². The molecule has 27 heavy (non-hydrogen) atoms. The lowest BCUT2D eigenvalue weighted by Gasteiger charge is -2.11. The molecule has 0 fully saturated rings. The Morgan fingerprint density at radius 3 is 1.41 bits per heavy atom. The van der Waals surface area contributed by atoms with Crippen LogP contribution in [0.2, 0.25) is 0 Å². The van der Waals surface area contributed by atoms with Crippen LogP contribution in [-0.4, -0.2) is 0 Å². The molecule has 0 aliphatic carbocycles. The molecule has 0 saturated carbocycles. The van der Waals surface area contributed by atoms with Crippen LogP contribution >= 0.6 is 0 Å². The summed E-state index contributed by atoms with van der Waals surface area (Å²) in [5.74, 6) is 0. The van der Waals surface area contributed by atoms with Gasteiger partial charge >= 0.3 is 0 Å². The smallest absolute Gasteiger partial charge is 0.0346 e. The quantitative estimate of drug-likeness (QED) is 0.214. The minimum atomic E-state index is 0.934. The van der Waals surface area contributed by atoms with E-state index >= 15 is 0 Å².